The third kappa shape index (κ3) is 0.622. The molecule has 2 heteroatoms. The summed E-state index contributed by atoms with van der Waals surface area (Å²) in [7, 11) is 0. The van der Waals surface area contributed by atoms with Gasteiger partial charge in [-0.1, -0.05) is 23.0 Å². The number of allylic oxidation sites excluding steroid dienone is 2. The molecule has 4 atom stereocenters. The van der Waals surface area contributed by atoms with Crippen LogP contribution in [0.1, 0.15) is 26.7 Å². The lowest BCUT2D eigenvalue weighted by atomic mass is 9.84. The van der Waals surface area contributed by atoms with Crippen LogP contribution in [0.15, 0.2) is 11.1 Å². The summed E-state index contributed by atoms with van der Waals surface area (Å²) >= 11 is 5.94. The Morgan fingerprint density at radius 1 is 1.33 bits per heavy atom. The van der Waals surface area contributed by atoms with E-state index in [1.807, 2.05) is 0 Å². The molecule has 3 aliphatic rings. The average Bonchev–Trinajstić information content (AvgIpc) is 2.55. The smallest absolute Gasteiger partial charge is 0.0125 e. The highest BCUT2D eigenvalue weighted by Gasteiger charge is 2.58. The molecule has 0 N–H and O–H groups in total. The van der Waals surface area contributed by atoms with E-state index in [9.17, 15) is 0 Å². The van der Waals surface area contributed by atoms with Crippen molar-refractivity contribution in [2.24, 2.45) is 5.92 Å². The molecule has 4 bridgehead atoms. The summed E-state index contributed by atoms with van der Waals surface area (Å²) in [6.07, 6.45) is 4.35. The third-order valence-corrected chi connectivity index (χ3v) is 10.7. The Kier molecular flexibility index (Phi) is 1.34. The molecule has 0 saturated carbocycles. The van der Waals surface area contributed by atoms with E-state index in [0.717, 1.165) is 17.2 Å². The van der Waals surface area contributed by atoms with Gasteiger partial charge in [0.25, 0.3) is 0 Å². The minimum Gasteiger partial charge on any atom is -0.0962 e. The van der Waals surface area contributed by atoms with Crippen LogP contribution in [0.5, 0.6) is 0 Å². The van der Waals surface area contributed by atoms with Gasteiger partial charge in [-0.25, -0.2) is 0 Å². The van der Waals surface area contributed by atoms with Crippen molar-refractivity contribution < 1.29 is 0 Å². The standard InChI is InChI=1S/C10H15PS/c1-6-7(2)10-8-3-4-11(10,12)9(6)5-8/h8-10H,3-5H2,1-2H3/t8-,9+,10+,11-/m0/s1. The van der Waals surface area contributed by atoms with Crippen LogP contribution in [-0.2, 0) is 11.8 Å². The summed E-state index contributed by atoms with van der Waals surface area (Å²) in [6, 6.07) is -0.901. The summed E-state index contributed by atoms with van der Waals surface area (Å²) in [6.45, 7) is 4.68. The third-order valence-electron chi connectivity index (χ3n) is 4.39. The largest absolute Gasteiger partial charge is 0.0962 e. The molecule has 66 valence electrons. The minimum atomic E-state index is -0.901. The molecule has 2 saturated heterocycles. The van der Waals surface area contributed by atoms with Crippen molar-refractivity contribution in [3.05, 3.63) is 11.1 Å². The highest BCUT2D eigenvalue weighted by Crippen LogP contribution is 2.78. The summed E-state index contributed by atoms with van der Waals surface area (Å²) in [4.78, 5) is 0. The quantitative estimate of drug-likeness (QED) is 0.426. The van der Waals surface area contributed by atoms with Crippen LogP contribution in [0.25, 0.3) is 0 Å². The average molecular weight is 198 g/mol. The Labute approximate surface area is 79.4 Å². The Morgan fingerprint density at radius 2 is 2.08 bits per heavy atom. The summed E-state index contributed by atoms with van der Waals surface area (Å²) in [5.41, 5.74) is 5.21. The van der Waals surface area contributed by atoms with Gasteiger partial charge in [0.05, 0.1) is 0 Å². The molecule has 0 radical (unpaired) electrons. The van der Waals surface area contributed by atoms with Crippen LogP contribution < -0.4 is 0 Å². The zero-order valence-electron chi connectivity index (χ0n) is 7.71. The van der Waals surface area contributed by atoms with Crippen molar-refractivity contribution in [2.45, 2.75) is 38.0 Å². The van der Waals surface area contributed by atoms with E-state index in [1.54, 1.807) is 11.1 Å². The summed E-state index contributed by atoms with van der Waals surface area (Å²) < 4.78 is 0. The molecule has 0 amide bonds. The maximum atomic E-state index is 5.94. The van der Waals surface area contributed by atoms with Crippen molar-refractivity contribution >= 4 is 17.8 Å². The Morgan fingerprint density at radius 3 is 2.67 bits per heavy atom. The molecule has 0 spiro atoms. The second kappa shape index (κ2) is 2.07. The maximum absolute atomic E-state index is 5.94. The predicted octanol–water partition coefficient (Wildman–Crippen LogP) is 2.98. The molecule has 0 aromatic carbocycles. The molecule has 3 heterocycles. The first-order chi connectivity index (χ1) is 5.64. The normalized spacial score (nSPS) is 55.7. The van der Waals surface area contributed by atoms with Crippen LogP contribution in [0.2, 0.25) is 0 Å². The molecule has 0 unspecified atom stereocenters. The molecule has 0 nitrogen and oxygen atoms in total. The van der Waals surface area contributed by atoms with Crippen molar-refractivity contribution in [3.8, 4) is 0 Å². The fraction of sp³-hybridized carbons (Fsp3) is 0.800. The number of hydrogen-bond donors (Lipinski definition) is 0. The van der Waals surface area contributed by atoms with Gasteiger partial charge in [0, 0.05) is 11.3 Å². The maximum Gasteiger partial charge on any atom is 0.0125 e. The first kappa shape index (κ1) is 7.76. The molecule has 0 aromatic heterocycles. The van der Waals surface area contributed by atoms with Gasteiger partial charge in [-0.2, -0.15) is 0 Å². The lowest BCUT2D eigenvalue weighted by molar-refractivity contribution is 0.495. The van der Waals surface area contributed by atoms with Gasteiger partial charge in [-0.05, 0) is 44.8 Å². The molecule has 0 aliphatic carbocycles. The van der Waals surface area contributed by atoms with Crippen molar-refractivity contribution in [2.75, 3.05) is 6.16 Å². The molecule has 3 rings (SSSR count). The van der Waals surface area contributed by atoms with Gasteiger partial charge >= 0.3 is 0 Å². The van der Waals surface area contributed by atoms with E-state index in [0.29, 0.717) is 0 Å². The van der Waals surface area contributed by atoms with Gasteiger partial charge in [0.2, 0.25) is 0 Å². The van der Waals surface area contributed by atoms with Crippen molar-refractivity contribution in [3.63, 3.8) is 0 Å². The SMILES string of the molecule is CC1=C(C)[C@@H]2[C@H]3CC[P@]2(=S)[C@@H]1C3. The first-order valence-corrected chi connectivity index (χ1v) is 8.03. The second-order valence-electron chi connectivity index (χ2n) is 4.69. The zero-order chi connectivity index (χ0) is 8.51. The van der Waals surface area contributed by atoms with Gasteiger partial charge < -0.3 is 0 Å². The second-order valence-corrected chi connectivity index (χ2v) is 10.1. The molecular weight excluding hydrogens is 183 g/mol. The van der Waals surface area contributed by atoms with E-state index in [-0.39, 0.29) is 0 Å². The predicted molar refractivity (Wildman–Crippen MR) is 57.8 cm³/mol. The van der Waals surface area contributed by atoms with E-state index in [2.05, 4.69) is 13.8 Å². The van der Waals surface area contributed by atoms with Gasteiger partial charge in [0.1, 0.15) is 0 Å². The van der Waals surface area contributed by atoms with Crippen LogP contribution in [0.4, 0.5) is 0 Å². The lowest BCUT2D eigenvalue weighted by Crippen LogP contribution is -2.17. The highest BCUT2D eigenvalue weighted by atomic mass is 32.4. The van der Waals surface area contributed by atoms with Crippen LogP contribution in [-0.4, -0.2) is 17.5 Å². The van der Waals surface area contributed by atoms with Crippen LogP contribution in [0.3, 0.4) is 0 Å². The van der Waals surface area contributed by atoms with Gasteiger partial charge in [-0.15, -0.1) is 0 Å². The van der Waals surface area contributed by atoms with E-state index in [4.69, 9.17) is 11.8 Å². The minimum absolute atomic E-state index is 0.899. The van der Waals surface area contributed by atoms with Crippen LogP contribution in [0, 0.1) is 5.92 Å². The molecule has 3 aliphatic heterocycles. The van der Waals surface area contributed by atoms with Crippen molar-refractivity contribution in [1.82, 2.24) is 0 Å². The fourth-order valence-electron chi connectivity index (χ4n) is 3.77. The van der Waals surface area contributed by atoms with E-state index < -0.39 is 6.04 Å². The van der Waals surface area contributed by atoms with Gasteiger partial charge in [-0.3, -0.25) is 0 Å². The van der Waals surface area contributed by atoms with Crippen LogP contribution >= 0.6 is 6.04 Å². The Bertz CT molecular complexity index is 329. The summed E-state index contributed by atoms with van der Waals surface area (Å²) in [5, 5.41) is 0. The summed E-state index contributed by atoms with van der Waals surface area (Å²) in [5.74, 6) is 1.02. The fourth-order valence-corrected chi connectivity index (χ4v) is 10.8. The Balaban J connectivity index is 2.22. The molecule has 2 fully saturated rings. The monoisotopic (exact) mass is 198 g/mol. The Hall–Kier alpha value is 0.390. The number of rotatable bonds is 0. The topological polar surface area (TPSA) is 0 Å². The van der Waals surface area contributed by atoms with Gasteiger partial charge in [0.15, 0.2) is 0 Å². The van der Waals surface area contributed by atoms with E-state index in [1.165, 1.54) is 19.0 Å². The zero-order valence-corrected chi connectivity index (χ0v) is 9.42. The highest BCUT2D eigenvalue weighted by molar-refractivity contribution is 8.15. The first-order valence-electron chi connectivity index (χ1n) is 4.90. The molecular formula is C10H15PS. The molecule has 0 aromatic rings. The molecule has 12 heavy (non-hydrogen) atoms. The lowest BCUT2D eigenvalue weighted by Gasteiger charge is -2.23. The van der Waals surface area contributed by atoms with Crippen molar-refractivity contribution in [1.29, 1.82) is 0 Å². The van der Waals surface area contributed by atoms with E-state index >= 15 is 0 Å². The number of hydrogen-bond acceptors (Lipinski definition) is 1.